The van der Waals surface area contributed by atoms with E-state index < -0.39 is 11.9 Å². The minimum absolute atomic E-state index is 0.0138. The molecule has 0 spiro atoms. The SMILES string of the molecule is Cc1ccc(F)c(C(O)c2cncc(OC(C)C)c2)c1. The molecule has 0 amide bonds. The summed E-state index contributed by atoms with van der Waals surface area (Å²) in [5, 5.41) is 10.3. The Morgan fingerprint density at radius 3 is 2.65 bits per heavy atom. The third kappa shape index (κ3) is 3.33. The van der Waals surface area contributed by atoms with Gasteiger partial charge in [0.2, 0.25) is 0 Å². The fraction of sp³-hybridized carbons (Fsp3) is 0.312. The fourth-order valence-corrected chi connectivity index (χ4v) is 1.97. The predicted molar refractivity (Wildman–Crippen MR) is 75.2 cm³/mol. The van der Waals surface area contributed by atoms with Crippen LogP contribution in [0.3, 0.4) is 0 Å². The molecule has 1 aromatic heterocycles. The Labute approximate surface area is 118 Å². The van der Waals surface area contributed by atoms with Crippen LogP contribution in [-0.4, -0.2) is 16.2 Å². The zero-order valence-electron chi connectivity index (χ0n) is 11.8. The number of benzene rings is 1. The molecule has 1 N–H and O–H groups in total. The highest BCUT2D eigenvalue weighted by Gasteiger charge is 2.16. The molecule has 0 saturated heterocycles. The van der Waals surface area contributed by atoms with E-state index in [-0.39, 0.29) is 11.7 Å². The summed E-state index contributed by atoms with van der Waals surface area (Å²) in [6, 6.07) is 6.34. The highest BCUT2D eigenvalue weighted by Crippen LogP contribution is 2.27. The van der Waals surface area contributed by atoms with Crippen LogP contribution in [0.4, 0.5) is 4.39 Å². The number of hydrogen-bond acceptors (Lipinski definition) is 3. The van der Waals surface area contributed by atoms with Crippen LogP contribution >= 0.6 is 0 Å². The van der Waals surface area contributed by atoms with Gasteiger partial charge in [0.1, 0.15) is 17.7 Å². The van der Waals surface area contributed by atoms with E-state index in [9.17, 15) is 9.50 Å². The van der Waals surface area contributed by atoms with Crippen molar-refractivity contribution in [3.05, 3.63) is 59.2 Å². The lowest BCUT2D eigenvalue weighted by Gasteiger charge is -2.15. The van der Waals surface area contributed by atoms with Crippen molar-refractivity contribution in [1.29, 1.82) is 0 Å². The monoisotopic (exact) mass is 275 g/mol. The Morgan fingerprint density at radius 1 is 1.20 bits per heavy atom. The van der Waals surface area contributed by atoms with E-state index in [2.05, 4.69) is 4.98 Å². The molecule has 0 saturated carbocycles. The molecule has 2 aromatic rings. The number of halogens is 1. The van der Waals surface area contributed by atoms with E-state index >= 15 is 0 Å². The number of hydrogen-bond donors (Lipinski definition) is 1. The Hall–Kier alpha value is -1.94. The Balaban J connectivity index is 2.33. The van der Waals surface area contributed by atoms with Crippen LogP contribution in [0.5, 0.6) is 5.75 Å². The lowest BCUT2D eigenvalue weighted by Crippen LogP contribution is -2.08. The van der Waals surface area contributed by atoms with Crippen LogP contribution in [0.25, 0.3) is 0 Å². The number of aromatic nitrogens is 1. The second kappa shape index (κ2) is 6.01. The minimum Gasteiger partial charge on any atom is -0.489 e. The van der Waals surface area contributed by atoms with Crippen molar-refractivity contribution in [1.82, 2.24) is 4.98 Å². The second-order valence-corrected chi connectivity index (χ2v) is 5.05. The Morgan fingerprint density at radius 2 is 1.95 bits per heavy atom. The maximum atomic E-state index is 13.8. The van der Waals surface area contributed by atoms with Gasteiger partial charge in [-0.1, -0.05) is 17.7 Å². The summed E-state index contributed by atoms with van der Waals surface area (Å²) in [7, 11) is 0. The van der Waals surface area contributed by atoms with Crippen molar-refractivity contribution in [2.75, 3.05) is 0 Å². The molecular formula is C16H18FNO2. The number of aliphatic hydroxyl groups excluding tert-OH is 1. The maximum absolute atomic E-state index is 13.8. The molecule has 0 bridgehead atoms. The van der Waals surface area contributed by atoms with Crippen LogP contribution < -0.4 is 4.74 Å². The first-order valence-electron chi connectivity index (χ1n) is 6.53. The molecule has 0 aliphatic rings. The van der Waals surface area contributed by atoms with E-state index in [1.807, 2.05) is 20.8 Å². The molecule has 0 aliphatic heterocycles. The van der Waals surface area contributed by atoms with Crippen molar-refractivity contribution in [2.45, 2.75) is 33.0 Å². The number of pyridine rings is 1. The molecule has 3 nitrogen and oxygen atoms in total. The molecule has 1 unspecified atom stereocenters. The third-order valence-corrected chi connectivity index (χ3v) is 2.87. The normalized spacial score (nSPS) is 12.5. The van der Waals surface area contributed by atoms with Gasteiger partial charge in [-0.3, -0.25) is 4.98 Å². The standard InChI is InChI=1S/C16H18FNO2/c1-10(2)20-13-7-12(8-18-9-13)16(19)14-6-11(3)4-5-15(14)17/h4-10,16,19H,1-3H3. The van der Waals surface area contributed by atoms with Crippen molar-refractivity contribution >= 4 is 0 Å². The molecule has 1 aromatic carbocycles. The molecule has 4 heteroatoms. The van der Waals surface area contributed by atoms with Crippen LogP contribution in [0.1, 0.15) is 36.6 Å². The summed E-state index contributed by atoms with van der Waals surface area (Å²) in [5.74, 6) is 0.128. The van der Waals surface area contributed by atoms with E-state index in [1.54, 1.807) is 24.4 Å². The van der Waals surface area contributed by atoms with Gasteiger partial charge in [0.25, 0.3) is 0 Å². The van der Waals surface area contributed by atoms with E-state index in [1.165, 1.54) is 12.3 Å². The predicted octanol–water partition coefficient (Wildman–Crippen LogP) is 3.40. The molecular weight excluding hydrogens is 257 g/mol. The van der Waals surface area contributed by atoms with Gasteiger partial charge in [0, 0.05) is 17.3 Å². The lowest BCUT2D eigenvalue weighted by molar-refractivity contribution is 0.211. The van der Waals surface area contributed by atoms with Gasteiger partial charge in [-0.05, 0) is 32.9 Å². The minimum atomic E-state index is -1.06. The summed E-state index contributed by atoms with van der Waals surface area (Å²) in [4.78, 5) is 4.03. The summed E-state index contributed by atoms with van der Waals surface area (Å²) < 4.78 is 19.3. The smallest absolute Gasteiger partial charge is 0.138 e. The summed E-state index contributed by atoms with van der Waals surface area (Å²) >= 11 is 0. The van der Waals surface area contributed by atoms with Gasteiger partial charge >= 0.3 is 0 Å². The maximum Gasteiger partial charge on any atom is 0.138 e. The van der Waals surface area contributed by atoms with Gasteiger partial charge < -0.3 is 9.84 Å². The van der Waals surface area contributed by atoms with E-state index in [0.29, 0.717) is 11.3 Å². The first-order valence-corrected chi connectivity index (χ1v) is 6.53. The second-order valence-electron chi connectivity index (χ2n) is 5.05. The van der Waals surface area contributed by atoms with Gasteiger partial charge in [-0.25, -0.2) is 4.39 Å². The highest BCUT2D eigenvalue weighted by atomic mass is 19.1. The number of ether oxygens (including phenoxy) is 1. The van der Waals surface area contributed by atoms with Crippen molar-refractivity contribution < 1.29 is 14.2 Å². The number of nitrogens with zero attached hydrogens (tertiary/aromatic N) is 1. The molecule has 0 aliphatic carbocycles. The van der Waals surface area contributed by atoms with Crippen molar-refractivity contribution in [3.63, 3.8) is 0 Å². The quantitative estimate of drug-likeness (QED) is 0.930. The van der Waals surface area contributed by atoms with E-state index in [4.69, 9.17) is 4.74 Å². The van der Waals surface area contributed by atoms with Crippen LogP contribution in [-0.2, 0) is 0 Å². The van der Waals surface area contributed by atoms with Crippen LogP contribution in [0.15, 0.2) is 36.7 Å². The topological polar surface area (TPSA) is 42.4 Å². The molecule has 1 heterocycles. The van der Waals surface area contributed by atoms with E-state index in [0.717, 1.165) is 5.56 Å². The largest absolute Gasteiger partial charge is 0.489 e. The highest BCUT2D eigenvalue weighted by molar-refractivity contribution is 5.35. The molecule has 0 fully saturated rings. The third-order valence-electron chi connectivity index (χ3n) is 2.87. The first-order chi connectivity index (χ1) is 9.47. The molecule has 20 heavy (non-hydrogen) atoms. The summed E-state index contributed by atoms with van der Waals surface area (Å²) in [6.07, 6.45) is 2.04. The van der Waals surface area contributed by atoms with Crippen molar-refractivity contribution in [2.24, 2.45) is 0 Å². The number of aryl methyl sites for hydroxylation is 1. The molecule has 2 rings (SSSR count). The lowest BCUT2D eigenvalue weighted by atomic mass is 10.0. The Kier molecular flexibility index (Phi) is 4.35. The molecule has 106 valence electrons. The summed E-state index contributed by atoms with van der Waals surface area (Å²) in [5.41, 5.74) is 1.64. The molecule has 1 atom stereocenters. The molecule has 0 radical (unpaired) electrons. The summed E-state index contributed by atoms with van der Waals surface area (Å²) in [6.45, 7) is 5.67. The van der Waals surface area contributed by atoms with Gasteiger partial charge in [0.05, 0.1) is 12.3 Å². The number of rotatable bonds is 4. The fourth-order valence-electron chi connectivity index (χ4n) is 1.97. The number of aliphatic hydroxyl groups is 1. The van der Waals surface area contributed by atoms with Crippen LogP contribution in [0, 0.1) is 12.7 Å². The van der Waals surface area contributed by atoms with Crippen molar-refractivity contribution in [3.8, 4) is 5.75 Å². The van der Waals surface area contributed by atoms with Gasteiger partial charge in [-0.2, -0.15) is 0 Å². The zero-order chi connectivity index (χ0) is 14.7. The Bertz CT molecular complexity index is 599. The average molecular weight is 275 g/mol. The zero-order valence-corrected chi connectivity index (χ0v) is 11.8. The van der Waals surface area contributed by atoms with Crippen LogP contribution in [0.2, 0.25) is 0 Å². The van der Waals surface area contributed by atoms with Gasteiger partial charge in [-0.15, -0.1) is 0 Å². The van der Waals surface area contributed by atoms with Gasteiger partial charge in [0.15, 0.2) is 0 Å². The average Bonchev–Trinajstić information content (AvgIpc) is 2.40. The first kappa shape index (κ1) is 14.5.